The number of nitro benzene ring substituents is 1. The second-order valence-electron chi connectivity index (χ2n) is 6.37. The Balaban J connectivity index is 1.62. The Morgan fingerprint density at radius 2 is 2.10 bits per heavy atom. The Hall–Kier alpha value is -2.85. The summed E-state index contributed by atoms with van der Waals surface area (Å²) >= 11 is 4.81. The second kappa shape index (κ2) is 9.77. The zero-order valence-corrected chi connectivity index (χ0v) is 18.7. The Kier molecular flexibility index (Phi) is 7.11. The van der Waals surface area contributed by atoms with Gasteiger partial charge in [-0.3, -0.25) is 14.9 Å². The first kappa shape index (κ1) is 21.8. The summed E-state index contributed by atoms with van der Waals surface area (Å²) in [4.78, 5) is 23.1. The number of rotatable bonds is 8. The number of nitro groups is 1. The summed E-state index contributed by atoms with van der Waals surface area (Å²) in [5.41, 5.74) is 2.26. The highest BCUT2D eigenvalue weighted by Crippen LogP contribution is 2.29. The van der Waals surface area contributed by atoms with Gasteiger partial charge < -0.3 is 10.1 Å². The minimum Gasteiger partial charge on any atom is -0.490 e. The maximum Gasteiger partial charge on any atom is 0.311 e. The van der Waals surface area contributed by atoms with Crippen LogP contribution in [0.2, 0.25) is 0 Å². The number of carbonyl (C=O) groups excluding carboxylic acids is 1. The van der Waals surface area contributed by atoms with E-state index in [0.717, 1.165) is 21.4 Å². The average molecular weight is 491 g/mol. The fraction of sp³-hybridized carbons (Fsp3) is 0.200. The lowest BCUT2D eigenvalue weighted by molar-refractivity contribution is -0.385. The molecule has 0 spiro atoms. The molecule has 1 aromatic heterocycles. The lowest BCUT2D eigenvalue weighted by atomic mass is 10.2. The first-order chi connectivity index (χ1) is 14.4. The van der Waals surface area contributed by atoms with Crippen LogP contribution in [0.5, 0.6) is 5.75 Å². The number of nitrogens with one attached hydrogen (secondary N) is 1. The Bertz CT molecular complexity index is 1090. The number of hydrogen-bond donors (Lipinski definition) is 1. The monoisotopic (exact) mass is 490 g/mol. The molecule has 0 aliphatic heterocycles. The minimum absolute atomic E-state index is 0.0894. The van der Waals surface area contributed by atoms with Crippen LogP contribution < -0.4 is 10.1 Å². The highest BCUT2D eigenvalue weighted by Gasteiger charge is 2.16. The fourth-order valence-electron chi connectivity index (χ4n) is 2.80. The lowest BCUT2D eigenvalue weighted by Crippen LogP contribution is -2.17. The number of methoxy groups -OCH3 is 1. The maximum atomic E-state index is 12.4. The van der Waals surface area contributed by atoms with Crippen molar-refractivity contribution in [1.29, 1.82) is 0 Å². The van der Waals surface area contributed by atoms with E-state index in [4.69, 9.17) is 4.74 Å². The van der Waals surface area contributed by atoms with Gasteiger partial charge in [-0.15, -0.1) is 11.8 Å². The van der Waals surface area contributed by atoms with Gasteiger partial charge in [0.25, 0.3) is 0 Å². The molecule has 0 saturated carbocycles. The van der Waals surface area contributed by atoms with E-state index in [2.05, 4.69) is 26.3 Å². The van der Waals surface area contributed by atoms with E-state index >= 15 is 0 Å². The van der Waals surface area contributed by atoms with Crippen molar-refractivity contribution in [3.8, 4) is 11.4 Å². The molecule has 0 atom stereocenters. The highest BCUT2D eigenvalue weighted by atomic mass is 79.9. The van der Waals surface area contributed by atoms with Gasteiger partial charge in [-0.1, -0.05) is 28.1 Å². The van der Waals surface area contributed by atoms with E-state index in [1.165, 1.54) is 24.9 Å². The molecule has 0 bridgehead atoms. The molecule has 0 aliphatic carbocycles. The third kappa shape index (κ3) is 5.39. The zero-order chi connectivity index (χ0) is 21.7. The molecule has 156 valence electrons. The normalized spacial score (nSPS) is 10.6. The number of thioether (sulfide) groups is 1. The molecule has 1 amide bonds. The van der Waals surface area contributed by atoms with Crippen molar-refractivity contribution < 1.29 is 14.5 Å². The maximum absolute atomic E-state index is 12.4. The molecule has 30 heavy (non-hydrogen) atoms. The third-order valence-corrected chi connectivity index (χ3v) is 5.59. The van der Waals surface area contributed by atoms with Crippen molar-refractivity contribution in [3.05, 3.63) is 74.4 Å². The largest absolute Gasteiger partial charge is 0.490 e. The quantitative estimate of drug-likeness (QED) is 0.361. The van der Waals surface area contributed by atoms with Crippen molar-refractivity contribution >= 4 is 45.1 Å². The first-order valence-electron chi connectivity index (χ1n) is 8.89. The van der Waals surface area contributed by atoms with Crippen LogP contribution in [-0.4, -0.2) is 33.5 Å². The van der Waals surface area contributed by atoms with E-state index in [1.807, 2.05) is 31.2 Å². The van der Waals surface area contributed by atoms with Gasteiger partial charge in [0, 0.05) is 22.4 Å². The molecule has 0 fully saturated rings. The molecule has 10 heteroatoms. The van der Waals surface area contributed by atoms with E-state index in [0.29, 0.717) is 11.6 Å². The molecule has 8 nitrogen and oxygen atoms in total. The van der Waals surface area contributed by atoms with Crippen LogP contribution in [0.1, 0.15) is 11.3 Å². The molecule has 0 unspecified atom stereocenters. The Labute approximate surface area is 185 Å². The highest BCUT2D eigenvalue weighted by molar-refractivity contribution is 9.10. The molecule has 0 saturated heterocycles. The van der Waals surface area contributed by atoms with Gasteiger partial charge in [-0.25, -0.2) is 4.68 Å². The van der Waals surface area contributed by atoms with Crippen LogP contribution in [0, 0.1) is 17.0 Å². The molecule has 2 aromatic carbocycles. The zero-order valence-electron chi connectivity index (χ0n) is 16.3. The Morgan fingerprint density at radius 3 is 2.80 bits per heavy atom. The molecule has 0 radical (unpaired) electrons. The van der Waals surface area contributed by atoms with Crippen LogP contribution in [0.15, 0.2) is 53.0 Å². The van der Waals surface area contributed by atoms with Crippen LogP contribution in [0.25, 0.3) is 5.69 Å². The Morgan fingerprint density at radius 1 is 1.30 bits per heavy atom. The van der Waals surface area contributed by atoms with Gasteiger partial charge in [0.2, 0.25) is 5.91 Å². The number of anilines is 1. The summed E-state index contributed by atoms with van der Waals surface area (Å²) in [6.45, 7) is 1.86. The number of aromatic nitrogens is 2. The smallest absolute Gasteiger partial charge is 0.311 e. The number of carbonyl (C=O) groups is 1. The number of ether oxygens (including phenoxy) is 1. The SMILES string of the molecule is COc1ccc(CSCC(=O)Nc2cc(C)nn2-c2cccc(Br)c2)cc1[N+](=O)[O-]. The summed E-state index contributed by atoms with van der Waals surface area (Å²) in [5, 5.41) is 18.5. The topological polar surface area (TPSA) is 99.3 Å². The van der Waals surface area contributed by atoms with Crippen LogP contribution in [-0.2, 0) is 10.5 Å². The van der Waals surface area contributed by atoms with Gasteiger partial charge in [-0.05, 0) is 36.8 Å². The predicted molar refractivity (Wildman–Crippen MR) is 120 cm³/mol. The van der Waals surface area contributed by atoms with Crippen LogP contribution in [0.4, 0.5) is 11.5 Å². The summed E-state index contributed by atoms with van der Waals surface area (Å²) < 4.78 is 7.59. The third-order valence-electron chi connectivity index (χ3n) is 4.09. The first-order valence-corrected chi connectivity index (χ1v) is 10.8. The number of nitrogens with zero attached hydrogens (tertiary/aromatic N) is 3. The van der Waals surface area contributed by atoms with Crippen molar-refractivity contribution in [1.82, 2.24) is 9.78 Å². The summed E-state index contributed by atoms with van der Waals surface area (Å²) in [5.74, 6) is 1.27. The fourth-order valence-corrected chi connectivity index (χ4v) is 3.96. The van der Waals surface area contributed by atoms with Crippen LogP contribution in [0.3, 0.4) is 0 Å². The number of halogens is 1. The molecule has 3 rings (SSSR count). The van der Waals surface area contributed by atoms with Crippen molar-refractivity contribution in [2.75, 3.05) is 18.2 Å². The molecule has 3 aromatic rings. The van der Waals surface area contributed by atoms with Crippen molar-refractivity contribution in [2.24, 2.45) is 0 Å². The van der Waals surface area contributed by atoms with E-state index in [1.54, 1.807) is 22.9 Å². The molecule has 0 aliphatic rings. The standard InChI is InChI=1S/C20H19BrN4O4S/c1-13-8-19(24(23-13)16-5-3-4-15(21)10-16)22-20(26)12-30-11-14-6-7-18(29-2)17(9-14)25(27)28/h3-10H,11-12H2,1-2H3,(H,22,26). The van der Waals surface area contributed by atoms with Crippen molar-refractivity contribution in [3.63, 3.8) is 0 Å². The minimum atomic E-state index is -0.481. The van der Waals surface area contributed by atoms with Gasteiger partial charge in [0.1, 0.15) is 5.82 Å². The van der Waals surface area contributed by atoms with Gasteiger partial charge in [0.15, 0.2) is 5.75 Å². The second-order valence-corrected chi connectivity index (χ2v) is 8.27. The van der Waals surface area contributed by atoms with Gasteiger partial charge in [-0.2, -0.15) is 5.10 Å². The predicted octanol–water partition coefficient (Wildman–Crippen LogP) is 4.73. The number of benzene rings is 2. The van der Waals surface area contributed by atoms with E-state index in [-0.39, 0.29) is 23.1 Å². The number of hydrogen-bond acceptors (Lipinski definition) is 6. The van der Waals surface area contributed by atoms with Crippen LogP contribution >= 0.6 is 27.7 Å². The molecule has 1 N–H and O–H groups in total. The summed E-state index contributed by atoms with van der Waals surface area (Å²) in [6, 6.07) is 14.2. The molecule has 1 heterocycles. The summed E-state index contributed by atoms with van der Waals surface area (Å²) in [6.07, 6.45) is 0. The number of aryl methyl sites for hydroxylation is 1. The van der Waals surface area contributed by atoms with E-state index in [9.17, 15) is 14.9 Å². The summed E-state index contributed by atoms with van der Waals surface area (Å²) in [7, 11) is 1.39. The van der Waals surface area contributed by atoms with E-state index < -0.39 is 4.92 Å². The lowest BCUT2D eigenvalue weighted by Gasteiger charge is -2.09. The van der Waals surface area contributed by atoms with Gasteiger partial charge in [0.05, 0.1) is 29.2 Å². The molecular formula is C20H19BrN4O4S. The average Bonchev–Trinajstić information content (AvgIpc) is 3.07. The molecular weight excluding hydrogens is 472 g/mol. The van der Waals surface area contributed by atoms with Gasteiger partial charge >= 0.3 is 5.69 Å². The number of amides is 1. The van der Waals surface area contributed by atoms with Crippen molar-refractivity contribution in [2.45, 2.75) is 12.7 Å².